The van der Waals surface area contributed by atoms with Gasteiger partial charge in [0.2, 0.25) is 5.91 Å². The molecule has 0 bridgehead atoms. The van der Waals surface area contributed by atoms with E-state index in [0.717, 1.165) is 17.0 Å². The van der Waals surface area contributed by atoms with Gasteiger partial charge in [-0.1, -0.05) is 29.8 Å². The second-order valence-electron chi connectivity index (χ2n) is 8.75. The predicted octanol–water partition coefficient (Wildman–Crippen LogP) is 3.98. The fraction of sp³-hybridized carbons (Fsp3) is 0.520. The molecule has 1 aromatic carbocycles. The third kappa shape index (κ3) is 7.70. The second-order valence-corrected chi connectivity index (χ2v) is 8.75. The molecule has 2 heterocycles. The molecule has 1 fully saturated rings. The van der Waals surface area contributed by atoms with E-state index in [2.05, 4.69) is 45.9 Å². The monoisotopic (exact) mass is 478 g/mol. The van der Waals surface area contributed by atoms with Crippen LogP contribution in [0, 0.1) is 20.8 Å². The molecular weight excluding hydrogens is 445 g/mol. The van der Waals surface area contributed by atoms with E-state index in [1.165, 1.54) is 11.1 Å². The number of carbonyl (C=O) groups excluding carboxylic acids is 1. The average Bonchev–Trinajstić information content (AvgIpc) is 3.05. The van der Waals surface area contributed by atoms with E-state index in [4.69, 9.17) is 0 Å². The fourth-order valence-corrected chi connectivity index (χ4v) is 4.00. The maximum atomic E-state index is 12.7. The zero-order valence-electron chi connectivity index (χ0n) is 20.1. The van der Waals surface area contributed by atoms with Crippen LogP contribution in [-0.4, -0.2) is 77.6 Å². The lowest BCUT2D eigenvalue weighted by Gasteiger charge is -2.34. The van der Waals surface area contributed by atoms with Gasteiger partial charge in [-0.05, 0) is 38.8 Å². The molecule has 0 spiro atoms. The molecule has 0 aliphatic carbocycles. The number of piperazine rings is 1. The van der Waals surface area contributed by atoms with Crippen molar-refractivity contribution in [3.8, 4) is 0 Å². The minimum absolute atomic E-state index is 0.0433. The summed E-state index contributed by atoms with van der Waals surface area (Å²) in [6.07, 6.45) is -0.296. The molecule has 186 valence electrons. The first kappa shape index (κ1) is 26.0. The van der Waals surface area contributed by atoms with Crippen molar-refractivity contribution in [1.82, 2.24) is 19.6 Å². The molecule has 0 radical (unpaired) electrons. The van der Waals surface area contributed by atoms with E-state index in [1.807, 2.05) is 24.6 Å². The molecule has 3 rings (SSSR count). The Labute approximate surface area is 199 Å². The predicted molar refractivity (Wildman–Crippen MR) is 126 cm³/mol. The maximum Gasteiger partial charge on any atom is 0.411 e. The van der Waals surface area contributed by atoms with Crippen LogP contribution >= 0.6 is 0 Å². The van der Waals surface area contributed by atoms with Crippen LogP contribution in [0.3, 0.4) is 0 Å². The van der Waals surface area contributed by atoms with Crippen molar-refractivity contribution < 1.29 is 22.7 Å². The summed E-state index contributed by atoms with van der Waals surface area (Å²) >= 11 is 0. The molecule has 1 aromatic heterocycles. The van der Waals surface area contributed by atoms with Crippen LogP contribution in [0.1, 0.15) is 34.5 Å². The summed E-state index contributed by atoms with van der Waals surface area (Å²) in [7, 11) is 0. The number of halogens is 3. The van der Waals surface area contributed by atoms with Gasteiger partial charge in [-0.3, -0.25) is 14.4 Å². The van der Waals surface area contributed by atoms with Crippen molar-refractivity contribution in [2.45, 2.75) is 39.9 Å². The first-order valence-electron chi connectivity index (χ1n) is 11.6. The Bertz CT molecular complexity index is 975. The molecule has 1 saturated heterocycles. The van der Waals surface area contributed by atoms with Gasteiger partial charge in [0, 0.05) is 56.7 Å². The number of rotatable bonds is 9. The summed E-state index contributed by atoms with van der Waals surface area (Å²) in [6, 6.07) is 8.37. The van der Waals surface area contributed by atoms with Crippen LogP contribution in [-0.2, 0) is 16.1 Å². The average molecular weight is 479 g/mol. The Morgan fingerprint density at radius 2 is 1.76 bits per heavy atom. The Kier molecular flexibility index (Phi) is 8.90. The summed E-state index contributed by atoms with van der Waals surface area (Å²) in [5.41, 5.74) is 5.24. The molecule has 0 saturated carbocycles. The molecule has 9 heteroatoms. The summed E-state index contributed by atoms with van der Waals surface area (Å²) in [5, 5.41) is 4.64. The summed E-state index contributed by atoms with van der Waals surface area (Å²) in [4.78, 5) is 16.6. The van der Waals surface area contributed by atoms with Crippen molar-refractivity contribution in [3.63, 3.8) is 0 Å². The summed E-state index contributed by atoms with van der Waals surface area (Å²) in [5.74, 6) is -0.0433. The van der Waals surface area contributed by atoms with Crippen molar-refractivity contribution in [2.24, 2.45) is 0 Å². The highest BCUT2D eigenvalue weighted by atomic mass is 19.4. The minimum Gasteiger partial charge on any atom is -0.372 e. The number of hydrogen-bond acceptors (Lipinski definition) is 4. The molecule has 6 nitrogen and oxygen atoms in total. The summed E-state index contributed by atoms with van der Waals surface area (Å²) in [6.45, 7) is 8.82. The number of ether oxygens (including phenoxy) is 1. The quantitative estimate of drug-likeness (QED) is 0.404. The van der Waals surface area contributed by atoms with E-state index in [-0.39, 0.29) is 12.5 Å². The number of aryl methyl sites for hydroxylation is 2. The third-order valence-electron chi connectivity index (χ3n) is 6.00. The Morgan fingerprint density at radius 1 is 1.09 bits per heavy atom. The minimum atomic E-state index is -4.28. The molecule has 34 heavy (non-hydrogen) atoms. The van der Waals surface area contributed by atoms with Gasteiger partial charge in [0.05, 0.1) is 12.2 Å². The number of alkyl halides is 3. The molecule has 0 unspecified atom stereocenters. The second kappa shape index (κ2) is 11.7. The smallest absolute Gasteiger partial charge is 0.372 e. The fourth-order valence-electron chi connectivity index (χ4n) is 4.00. The number of benzene rings is 1. The highest BCUT2D eigenvalue weighted by molar-refractivity contribution is 5.92. The van der Waals surface area contributed by atoms with Gasteiger partial charge < -0.3 is 9.64 Å². The van der Waals surface area contributed by atoms with Crippen LogP contribution in [0.25, 0.3) is 6.08 Å². The molecule has 0 atom stereocenters. The SMILES string of the molecule is Cc1ccc(Cn2nc(C)c(/C=C/C(=O)N3CCN(CCCOCC(F)(F)F)CC3)c2C)cc1. The molecule has 1 aliphatic heterocycles. The van der Waals surface area contributed by atoms with Gasteiger partial charge in [-0.2, -0.15) is 18.3 Å². The Balaban J connectivity index is 1.46. The molecular formula is C25H33F3N4O2. The van der Waals surface area contributed by atoms with Crippen LogP contribution in [0.4, 0.5) is 13.2 Å². The van der Waals surface area contributed by atoms with E-state index in [1.54, 1.807) is 11.0 Å². The molecule has 2 aromatic rings. The molecule has 1 amide bonds. The third-order valence-corrected chi connectivity index (χ3v) is 6.00. The lowest BCUT2D eigenvalue weighted by Crippen LogP contribution is -2.48. The highest BCUT2D eigenvalue weighted by Crippen LogP contribution is 2.18. The van der Waals surface area contributed by atoms with Gasteiger partial charge in [0.25, 0.3) is 0 Å². The van der Waals surface area contributed by atoms with E-state index in [0.29, 0.717) is 45.7 Å². The first-order chi connectivity index (χ1) is 16.1. The maximum absolute atomic E-state index is 12.7. The van der Waals surface area contributed by atoms with Gasteiger partial charge in [0.15, 0.2) is 0 Å². The number of carbonyl (C=O) groups is 1. The lowest BCUT2D eigenvalue weighted by atomic mass is 10.1. The van der Waals surface area contributed by atoms with Crippen LogP contribution in [0.5, 0.6) is 0 Å². The summed E-state index contributed by atoms with van der Waals surface area (Å²) < 4.78 is 42.9. The number of hydrogen-bond donors (Lipinski definition) is 0. The zero-order chi connectivity index (χ0) is 24.7. The number of amides is 1. The molecule has 1 aliphatic rings. The van der Waals surface area contributed by atoms with Crippen LogP contribution in [0.15, 0.2) is 30.3 Å². The van der Waals surface area contributed by atoms with Crippen molar-refractivity contribution in [1.29, 1.82) is 0 Å². The van der Waals surface area contributed by atoms with Gasteiger partial charge in [-0.15, -0.1) is 0 Å². The Morgan fingerprint density at radius 3 is 2.41 bits per heavy atom. The van der Waals surface area contributed by atoms with E-state index in [9.17, 15) is 18.0 Å². The van der Waals surface area contributed by atoms with Crippen molar-refractivity contribution >= 4 is 12.0 Å². The van der Waals surface area contributed by atoms with Crippen molar-refractivity contribution in [2.75, 3.05) is 45.9 Å². The number of aromatic nitrogens is 2. The van der Waals surface area contributed by atoms with E-state index >= 15 is 0 Å². The Hall–Kier alpha value is -2.65. The van der Waals surface area contributed by atoms with Gasteiger partial charge >= 0.3 is 6.18 Å². The normalized spacial score (nSPS) is 15.4. The zero-order valence-corrected chi connectivity index (χ0v) is 20.1. The van der Waals surface area contributed by atoms with Gasteiger partial charge in [0.1, 0.15) is 6.61 Å². The topological polar surface area (TPSA) is 50.6 Å². The highest BCUT2D eigenvalue weighted by Gasteiger charge is 2.27. The first-order valence-corrected chi connectivity index (χ1v) is 11.6. The van der Waals surface area contributed by atoms with Crippen molar-refractivity contribution in [3.05, 3.63) is 58.4 Å². The van der Waals surface area contributed by atoms with Gasteiger partial charge in [-0.25, -0.2) is 0 Å². The van der Waals surface area contributed by atoms with E-state index < -0.39 is 12.8 Å². The number of nitrogens with zero attached hydrogens (tertiary/aromatic N) is 4. The van der Waals surface area contributed by atoms with Crippen LogP contribution < -0.4 is 0 Å². The lowest BCUT2D eigenvalue weighted by molar-refractivity contribution is -0.174. The largest absolute Gasteiger partial charge is 0.411 e. The molecule has 0 N–H and O–H groups in total. The standard InChI is InChI=1S/C25H33F3N4O2/c1-19-5-7-22(8-6-19)17-32-21(3)23(20(2)29-32)9-10-24(33)31-14-12-30(13-15-31)11-4-16-34-18-25(26,27)28/h5-10H,4,11-18H2,1-3H3/b10-9+. The van der Waals surface area contributed by atoms with Crippen LogP contribution in [0.2, 0.25) is 0 Å².